The highest BCUT2D eigenvalue weighted by atomic mass is 32.2. The molecule has 2 aromatic rings. The zero-order chi connectivity index (χ0) is 17.9. The quantitative estimate of drug-likeness (QED) is 0.823. The van der Waals surface area contributed by atoms with E-state index in [0.717, 1.165) is 11.1 Å². The van der Waals surface area contributed by atoms with Gasteiger partial charge < -0.3 is 4.74 Å². The lowest BCUT2D eigenvalue weighted by molar-refractivity contribution is -0.0556. The highest BCUT2D eigenvalue weighted by Gasteiger charge is 2.33. The molecule has 1 aliphatic heterocycles. The molecule has 1 aliphatic rings. The van der Waals surface area contributed by atoms with Crippen LogP contribution in [0.1, 0.15) is 29.7 Å². The van der Waals surface area contributed by atoms with Crippen molar-refractivity contribution in [2.24, 2.45) is 0 Å². The number of hydrogen-bond donors (Lipinski definition) is 0. The van der Waals surface area contributed by atoms with Gasteiger partial charge in [0.1, 0.15) is 0 Å². The van der Waals surface area contributed by atoms with Crippen LogP contribution in [0, 0.1) is 6.92 Å². The second-order valence-corrected chi connectivity index (χ2v) is 8.80. The second kappa shape index (κ2) is 7.68. The lowest BCUT2D eigenvalue weighted by Gasteiger charge is -2.36. The van der Waals surface area contributed by atoms with Gasteiger partial charge in [0, 0.05) is 13.1 Å². The fourth-order valence-corrected chi connectivity index (χ4v) is 4.68. The zero-order valence-electron chi connectivity index (χ0n) is 14.8. The molecule has 134 valence electrons. The van der Waals surface area contributed by atoms with Crippen LogP contribution in [-0.2, 0) is 21.2 Å². The average molecular weight is 359 g/mol. The maximum atomic E-state index is 12.8. The molecule has 0 aliphatic carbocycles. The lowest BCUT2D eigenvalue weighted by Crippen LogP contribution is -2.46. The third-order valence-corrected chi connectivity index (χ3v) is 6.37. The van der Waals surface area contributed by atoms with Gasteiger partial charge in [-0.2, -0.15) is 4.31 Å². The van der Waals surface area contributed by atoms with E-state index in [4.69, 9.17) is 4.74 Å². The van der Waals surface area contributed by atoms with Crippen LogP contribution in [-0.4, -0.2) is 37.7 Å². The number of sulfonamides is 1. The molecule has 2 aromatic carbocycles. The normalized spacial score (nSPS) is 22.0. The Kier molecular flexibility index (Phi) is 5.57. The van der Waals surface area contributed by atoms with Gasteiger partial charge in [-0.25, -0.2) is 8.42 Å². The smallest absolute Gasteiger partial charge is 0.214 e. The summed E-state index contributed by atoms with van der Waals surface area (Å²) in [4.78, 5) is 0. The Balaban J connectivity index is 1.70. The molecular formula is C20H25NO3S. The third kappa shape index (κ3) is 4.69. The topological polar surface area (TPSA) is 46.6 Å². The molecule has 5 heteroatoms. The van der Waals surface area contributed by atoms with Crippen molar-refractivity contribution in [2.45, 2.75) is 32.5 Å². The molecule has 25 heavy (non-hydrogen) atoms. The van der Waals surface area contributed by atoms with E-state index in [2.05, 4.69) is 0 Å². The predicted molar refractivity (Wildman–Crippen MR) is 100.0 cm³/mol. The summed E-state index contributed by atoms with van der Waals surface area (Å²) in [5, 5.41) is 0. The summed E-state index contributed by atoms with van der Waals surface area (Å²) in [5.74, 6) is 0.129. The molecule has 3 rings (SSSR count). The van der Waals surface area contributed by atoms with Gasteiger partial charge in [0.15, 0.2) is 0 Å². The molecule has 2 unspecified atom stereocenters. The van der Waals surface area contributed by atoms with Gasteiger partial charge in [-0.3, -0.25) is 0 Å². The van der Waals surface area contributed by atoms with Crippen LogP contribution < -0.4 is 0 Å². The van der Waals surface area contributed by atoms with Gasteiger partial charge in [-0.15, -0.1) is 0 Å². The van der Waals surface area contributed by atoms with Crippen LogP contribution in [0.25, 0.3) is 0 Å². The molecule has 0 spiro atoms. The molecule has 0 aromatic heterocycles. The van der Waals surface area contributed by atoms with E-state index in [1.807, 2.05) is 68.4 Å². The van der Waals surface area contributed by atoms with Crippen LogP contribution in [0.4, 0.5) is 0 Å². The number of benzene rings is 2. The van der Waals surface area contributed by atoms with Gasteiger partial charge in [-0.1, -0.05) is 60.2 Å². The minimum absolute atomic E-state index is 0.119. The summed E-state index contributed by atoms with van der Waals surface area (Å²) in [7, 11) is -3.31. The number of ether oxygens (including phenoxy) is 1. The van der Waals surface area contributed by atoms with Gasteiger partial charge >= 0.3 is 0 Å². The monoisotopic (exact) mass is 359 g/mol. The first-order valence-electron chi connectivity index (χ1n) is 8.68. The van der Waals surface area contributed by atoms with Gasteiger partial charge in [-0.05, 0) is 31.4 Å². The molecule has 1 fully saturated rings. The predicted octanol–water partition coefficient (Wildman–Crippen LogP) is 3.33. The minimum atomic E-state index is -3.31. The molecule has 0 radical (unpaired) electrons. The zero-order valence-corrected chi connectivity index (χ0v) is 15.6. The van der Waals surface area contributed by atoms with Crippen molar-refractivity contribution in [1.29, 1.82) is 0 Å². The minimum Gasteiger partial charge on any atom is -0.368 e. The summed E-state index contributed by atoms with van der Waals surface area (Å²) in [6.07, 6.45) is 0.201. The molecule has 1 heterocycles. The van der Waals surface area contributed by atoms with E-state index in [9.17, 15) is 8.42 Å². The van der Waals surface area contributed by atoms with Gasteiger partial charge in [0.2, 0.25) is 10.0 Å². The first-order valence-corrected chi connectivity index (χ1v) is 10.3. The second-order valence-electron chi connectivity index (χ2n) is 6.71. The number of morpholine rings is 1. The van der Waals surface area contributed by atoms with E-state index in [0.29, 0.717) is 19.5 Å². The fraction of sp³-hybridized carbons (Fsp3) is 0.400. The summed E-state index contributed by atoms with van der Waals surface area (Å²) in [6.45, 7) is 4.76. The first kappa shape index (κ1) is 18.1. The van der Waals surface area contributed by atoms with E-state index < -0.39 is 10.0 Å². The van der Waals surface area contributed by atoms with E-state index in [1.54, 1.807) is 4.31 Å². The fourth-order valence-electron chi connectivity index (χ4n) is 3.13. The van der Waals surface area contributed by atoms with Crippen LogP contribution in [0.15, 0.2) is 54.6 Å². The summed E-state index contributed by atoms with van der Waals surface area (Å²) in [6, 6.07) is 17.9. The van der Waals surface area contributed by atoms with Crippen molar-refractivity contribution in [3.8, 4) is 0 Å². The Bertz CT molecular complexity index is 787. The highest BCUT2D eigenvalue weighted by molar-refractivity contribution is 7.89. The van der Waals surface area contributed by atoms with Crippen molar-refractivity contribution in [1.82, 2.24) is 4.31 Å². The Morgan fingerprint density at radius 3 is 2.40 bits per heavy atom. The summed E-state index contributed by atoms with van der Waals surface area (Å²) >= 11 is 0. The maximum absolute atomic E-state index is 12.8. The number of hydrogen-bond acceptors (Lipinski definition) is 3. The van der Waals surface area contributed by atoms with Crippen LogP contribution in [0.3, 0.4) is 0 Å². The van der Waals surface area contributed by atoms with E-state index in [1.165, 1.54) is 5.56 Å². The molecule has 0 N–H and O–H groups in total. The average Bonchev–Trinajstić information content (AvgIpc) is 2.61. The van der Waals surface area contributed by atoms with Crippen molar-refractivity contribution in [2.75, 3.05) is 18.8 Å². The van der Waals surface area contributed by atoms with E-state index in [-0.39, 0.29) is 18.0 Å². The third-order valence-electron chi connectivity index (χ3n) is 4.56. The van der Waals surface area contributed by atoms with Crippen LogP contribution in [0.5, 0.6) is 0 Å². The Hall–Kier alpha value is -1.69. The standard InChI is InChI=1S/C20H25NO3S/c1-16-8-10-19(11-9-16)20-15-21(14-17(2)24-20)25(22,23)13-12-18-6-4-3-5-7-18/h3-11,17,20H,12-15H2,1-2H3. The molecule has 2 atom stereocenters. The highest BCUT2D eigenvalue weighted by Crippen LogP contribution is 2.27. The molecule has 0 saturated carbocycles. The largest absolute Gasteiger partial charge is 0.368 e. The van der Waals surface area contributed by atoms with Crippen LogP contribution >= 0.6 is 0 Å². The van der Waals surface area contributed by atoms with Crippen molar-refractivity contribution < 1.29 is 13.2 Å². The first-order chi connectivity index (χ1) is 11.9. The molecule has 1 saturated heterocycles. The Morgan fingerprint density at radius 1 is 1.04 bits per heavy atom. The maximum Gasteiger partial charge on any atom is 0.214 e. The van der Waals surface area contributed by atoms with Crippen molar-refractivity contribution >= 4 is 10.0 Å². The molecule has 0 bridgehead atoms. The number of aryl methyl sites for hydroxylation is 2. The lowest BCUT2D eigenvalue weighted by atomic mass is 10.1. The molecular weight excluding hydrogens is 334 g/mol. The van der Waals surface area contributed by atoms with Gasteiger partial charge in [0.05, 0.1) is 18.0 Å². The van der Waals surface area contributed by atoms with Crippen molar-refractivity contribution in [3.05, 3.63) is 71.3 Å². The summed E-state index contributed by atoms with van der Waals surface area (Å²) < 4.78 is 33.2. The SMILES string of the molecule is Cc1ccc(C2CN(S(=O)(=O)CCc3ccccc3)CC(C)O2)cc1. The van der Waals surface area contributed by atoms with E-state index >= 15 is 0 Å². The van der Waals surface area contributed by atoms with Crippen LogP contribution in [0.2, 0.25) is 0 Å². The number of nitrogens with zero attached hydrogens (tertiary/aromatic N) is 1. The Morgan fingerprint density at radius 2 is 1.72 bits per heavy atom. The number of rotatable bonds is 5. The Labute approximate surface area is 150 Å². The summed E-state index contributed by atoms with van der Waals surface area (Å²) in [5.41, 5.74) is 3.25. The van der Waals surface area contributed by atoms with Crippen molar-refractivity contribution in [3.63, 3.8) is 0 Å². The molecule has 4 nitrogen and oxygen atoms in total. The molecule has 0 amide bonds. The van der Waals surface area contributed by atoms with Gasteiger partial charge in [0.25, 0.3) is 0 Å².